The fraction of sp³-hybridized carbons (Fsp3) is 0.444. The number of methoxy groups -OCH3 is 3. The predicted molar refractivity (Wildman–Crippen MR) is 128 cm³/mol. The average molecular weight is 466 g/mol. The Kier molecular flexibility index (Phi) is 6.13. The molecule has 2 aromatic rings. The lowest BCUT2D eigenvalue weighted by atomic mass is 9.93. The molecule has 1 saturated carbocycles. The van der Waals surface area contributed by atoms with Crippen molar-refractivity contribution in [2.24, 2.45) is 0 Å². The van der Waals surface area contributed by atoms with Crippen LogP contribution in [0.2, 0.25) is 0 Å². The van der Waals surface area contributed by atoms with E-state index in [-0.39, 0.29) is 11.5 Å². The number of carbonyl (C=O) groups is 1. The maximum Gasteiger partial charge on any atom is 0.232 e. The number of nitrogens with zero attached hydrogens (tertiary/aromatic N) is 1. The Morgan fingerprint density at radius 3 is 2.50 bits per heavy atom. The van der Waals surface area contributed by atoms with Gasteiger partial charge in [-0.2, -0.15) is 0 Å². The molecule has 7 nitrogen and oxygen atoms in total. The van der Waals surface area contributed by atoms with Crippen LogP contribution in [0, 0.1) is 6.92 Å². The number of ether oxygens (including phenoxy) is 5. The number of Topliss-reactive ketones (excluding diaryl/α,β-unsaturated/α-hetero) is 1. The van der Waals surface area contributed by atoms with Crippen LogP contribution in [0.25, 0.3) is 6.08 Å². The van der Waals surface area contributed by atoms with Crippen molar-refractivity contribution in [2.45, 2.75) is 51.6 Å². The van der Waals surface area contributed by atoms with Gasteiger partial charge in [0.05, 0.1) is 32.5 Å². The van der Waals surface area contributed by atoms with Crippen molar-refractivity contribution in [2.75, 3.05) is 28.1 Å². The highest BCUT2D eigenvalue weighted by molar-refractivity contribution is 6.16. The summed E-state index contributed by atoms with van der Waals surface area (Å²) in [6.45, 7) is 3.23. The van der Waals surface area contributed by atoms with Crippen LogP contribution in [0.15, 0.2) is 24.0 Å². The molecule has 2 aromatic carbocycles. The molecule has 2 heterocycles. The normalized spacial score (nSPS) is 19.3. The van der Waals surface area contributed by atoms with Crippen molar-refractivity contribution in [3.05, 3.63) is 46.2 Å². The predicted octanol–water partition coefficient (Wildman–Crippen LogP) is 5.12. The second kappa shape index (κ2) is 9.22. The van der Waals surface area contributed by atoms with E-state index in [0.29, 0.717) is 46.9 Å². The van der Waals surface area contributed by atoms with E-state index in [0.717, 1.165) is 23.4 Å². The maximum atomic E-state index is 13.4. The summed E-state index contributed by atoms with van der Waals surface area (Å²) in [6, 6.07) is 6.09. The van der Waals surface area contributed by atoms with Gasteiger partial charge in [0.25, 0.3) is 0 Å². The summed E-state index contributed by atoms with van der Waals surface area (Å²) in [6.07, 6.45) is 7.91. The smallest absolute Gasteiger partial charge is 0.232 e. The molecule has 2 aliphatic heterocycles. The number of hydrogen-bond donors (Lipinski definition) is 0. The highest BCUT2D eigenvalue weighted by Gasteiger charge is 2.37. The molecule has 0 atom stereocenters. The third-order valence-electron chi connectivity index (χ3n) is 7.06. The van der Waals surface area contributed by atoms with E-state index in [2.05, 4.69) is 4.90 Å². The molecule has 5 rings (SSSR count). The van der Waals surface area contributed by atoms with E-state index in [9.17, 15) is 4.79 Å². The first-order valence-corrected chi connectivity index (χ1v) is 11.8. The van der Waals surface area contributed by atoms with Crippen molar-refractivity contribution < 1.29 is 28.5 Å². The van der Waals surface area contributed by atoms with Gasteiger partial charge in [0.2, 0.25) is 11.5 Å². The van der Waals surface area contributed by atoms with Crippen molar-refractivity contribution in [3.8, 4) is 28.7 Å². The lowest BCUT2D eigenvalue weighted by molar-refractivity contribution is 0.0393. The minimum atomic E-state index is -0.137. The second-order valence-corrected chi connectivity index (χ2v) is 9.05. The molecule has 0 amide bonds. The molecule has 1 aliphatic carbocycles. The summed E-state index contributed by atoms with van der Waals surface area (Å²) in [5.74, 6) is 3.04. The molecule has 0 spiro atoms. The van der Waals surface area contributed by atoms with Gasteiger partial charge in [-0.1, -0.05) is 19.3 Å². The fourth-order valence-corrected chi connectivity index (χ4v) is 5.31. The third-order valence-corrected chi connectivity index (χ3v) is 7.06. The van der Waals surface area contributed by atoms with E-state index < -0.39 is 0 Å². The highest BCUT2D eigenvalue weighted by Crippen LogP contribution is 2.46. The van der Waals surface area contributed by atoms with E-state index in [1.807, 2.05) is 19.1 Å². The average Bonchev–Trinajstić information content (AvgIpc) is 3.20. The van der Waals surface area contributed by atoms with Gasteiger partial charge in [-0.15, -0.1) is 0 Å². The van der Waals surface area contributed by atoms with Crippen molar-refractivity contribution in [3.63, 3.8) is 0 Å². The first kappa shape index (κ1) is 22.6. The molecule has 0 bridgehead atoms. The molecule has 0 N–H and O–H groups in total. The van der Waals surface area contributed by atoms with Gasteiger partial charge in [-0.25, -0.2) is 0 Å². The first-order valence-electron chi connectivity index (χ1n) is 11.8. The number of carbonyl (C=O) groups excluding carboxylic acids is 1. The van der Waals surface area contributed by atoms with Crippen molar-refractivity contribution in [1.29, 1.82) is 0 Å². The van der Waals surface area contributed by atoms with Gasteiger partial charge in [0, 0.05) is 18.2 Å². The Balaban J connectivity index is 1.51. The third kappa shape index (κ3) is 3.78. The minimum Gasteiger partial charge on any atom is -0.493 e. The second-order valence-electron chi connectivity index (χ2n) is 9.05. The van der Waals surface area contributed by atoms with E-state index in [4.69, 9.17) is 23.7 Å². The van der Waals surface area contributed by atoms with Crippen LogP contribution in [0.1, 0.15) is 59.2 Å². The van der Waals surface area contributed by atoms with Gasteiger partial charge >= 0.3 is 0 Å². The Morgan fingerprint density at radius 1 is 1.03 bits per heavy atom. The van der Waals surface area contributed by atoms with E-state index >= 15 is 0 Å². The minimum absolute atomic E-state index is 0.137. The number of benzene rings is 2. The zero-order chi connectivity index (χ0) is 23.8. The molecule has 1 fully saturated rings. The largest absolute Gasteiger partial charge is 0.493 e. The van der Waals surface area contributed by atoms with E-state index in [1.165, 1.54) is 32.1 Å². The Bertz CT molecular complexity index is 1150. The Labute approximate surface area is 200 Å². The van der Waals surface area contributed by atoms with Crippen LogP contribution < -0.4 is 23.7 Å². The summed E-state index contributed by atoms with van der Waals surface area (Å²) in [5, 5.41) is 0. The molecule has 3 aliphatic rings. The van der Waals surface area contributed by atoms with E-state index in [1.54, 1.807) is 33.5 Å². The summed E-state index contributed by atoms with van der Waals surface area (Å²) >= 11 is 0. The summed E-state index contributed by atoms with van der Waals surface area (Å²) in [7, 11) is 4.68. The summed E-state index contributed by atoms with van der Waals surface area (Å²) in [4.78, 5) is 15.8. The zero-order valence-corrected chi connectivity index (χ0v) is 20.2. The van der Waals surface area contributed by atoms with Gasteiger partial charge in [-0.3, -0.25) is 9.69 Å². The Morgan fingerprint density at radius 2 is 1.79 bits per heavy atom. The number of allylic oxidation sites excluding steroid dienone is 1. The monoisotopic (exact) mass is 465 g/mol. The molecule has 180 valence electrons. The molecule has 0 unspecified atom stereocenters. The van der Waals surface area contributed by atoms with Crippen LogP contribution in [-0.4, -0.2) is 44.8 Å². The van der Waals surface area contributed by atoms with Gasteiger partial charge in [-0.05, 0) is 49.6 Å². The SMILES string of the molecule is COc1ccc(/C=C2\Oc3c4c(cc(C)c3C2=O)OCN(C2CCCCC2)C4)c(OC)c1OC. The van der Waals surface area contributed by atoms with Crippen LogP contribution >= 0.6 is 0 Å². The number of ketones is 1. The van der Waals surface area contributed by atoms with Crippen LogP contribution in [0.5, 0.6) is 28.7 Å². The molecule has 0 radical (unpaired) electrons. The molecule has 7 heteroatoms. The number of fused-ring (bicyclic) bond motifs is 3. The standard InChI is InChI=1S/C27H31NO6/c1-16-12-21-19(14-28(15-33-21)18-8-6-5-7-9-18)26-23(16)24(29)22(34-26)13-17-10-11-20(30-2)27(32-4)25(17)31-3/h10-13,18H,5-9,14-15H2,1-4H3/b22-13-. The van der Waals surface area contributed by atoms with Gasteiger partial charge < -0.3 is 23.7 Å². The topological polar surface area (TPSA) is 66.5 Å². The number of rotatable bonds is 5. The molecular formula is C27H31NO6. The number of aryl methyl sites for hydroxylation is 1. The summed E-state index contributed by atoms with van der Waals surface area (Å²) < 4.78 is 28.8. The first-order chi connectivity index (χ1) is 16.5. The summed E-state index contributed by atoms with van der Waals surface area (Å²) in [5.41, 5.74) is 3.09. The quantitative estimate of drug-likeness (QED) is 0.568. The molecular weight excluding hydrogens is 434 g/mol. The highest BCUT2D eigenvalue weighted by atomic mass is 16.5. The van der Waals surface area contributed by atoms with Crippen molar-refractivity contribution >= 4 is 11.9 Å². The Hall–Kier alpha value is -3.19. The molecule has 34 heavy (non-hydrogen) atoms. The molecule has 0 aromatic heterocycles. The zero-order valence-electron chi connectivity index (χ0n) is 20.2. The van der Waals surface area contributed by atoms with Gasteiger partial charge in [0.15, 0.2) is 17.3 Å². The lowest BCUT2D eigenvalue weighted by Crippen LogP contribution is -2.41. The van der Waals surface area contributed by atoms with Crippen LogP contribution in [0.3, 0.4) is 0 Å². The maximum absolute atomic E-state index is 13.4. The van der Waals surface area contributed by atoms with Crippen molar-refractivity contribution in [1.82, 2.24) is 4.90 Å². The molecule has 0 saturated heterocycles. The van der Waals surface area contributed by atoms with Crippen LogP contribution in [-0.2, 0) is 6.54 Å². The lowest BCUT2D eigenvalue weighted by Gasteiger charge is -2.37. The van der Waals surface area contributed by atoms with Gasteiger partial charge in [0.1, 0.15) is 18.2 Å². The fourth-order valence-electron chi connectivity index (χ4n) is 5.31. The number of hydrogen-bond acceptors (Lipinski definition) is 7. The van der Waals surface area contributed by atoms with Crippen LogP contribution in [0.4, 0.5) is 0 Å².